The van der Waals surface area contributed by atoms with Gasteiger partial charge in [-0.1, -0.05) is 95.5 Å². The molecule has 0 atom stereocenters. The summed E-state index contributed by atoms with van der Waals surface area (Å²) in [5.74, 6) is 0. The molecule has 39 heavy (non-hydrogen) atoms. The maximum atomic E-state index is 9.75. The molecule has 3 aliphatic rings. The summed E-state index contributed by atoms with van der Waals surface area (Å²) in [6.45, 7) is 18.7. The van der Waals surface area contributed by atoms with Crippen molar-refractivity contribution in [3.8, 4) is 0 Å². The van der Waals surface area contributed by atoms with Gasteiger partial charge in [0.05, 0.1) is 0 Å². The van der Waals surface area contributed by atoms with Crippen molar-refractivity contribution in [2.75, 3.05) is 0 Å². The van der Waals surface area contributed by atoms with E-state index in [1.807, 2.05) is 0 Å². The van der Waals surface area contributed by atoms with E-state index in [0.717, 1.165) is 22.6 Å². The summed E-state index contributed by atoms with van der Waals surface area (Å²) in [5, 5.41) is 0. The van der Waals surface area contributed by atoms with Crippen LogP contribution in [0.2, 0.25) is 0 Å². The Hall–Kier alpha value is 1.27. The normalized spacial score (nSPS) is 19.7. The third-order valence-electron chi connectivity index (χ3n) is 5.45. The first-order chi connectivity index (χ1) is 17.3. The van der Waals surface area contributed by atoms with Gasteiger partial charge in [0.1, 0.15) is 0 Å². The molecule has 3 aliphatic carbocycles. The Labute approximate surface area is 266 Å². The quantitative estimate of drug-likeness (QED) is 0.111. The largest absolute Gasteiger partial charge is 2.00 e. The van der Waals surface area contributed by atoms with Gasteiger partial charge in [-0.15, -0.1) is 0 Å². The molecule has 11 radical (unpaired) electrons. The van der Waals surface area contributed by atoms with Crippen molar-refractivity contribution in [3.05, 3.63) is 87.0 Å². The van der Waals surface area contributed by atoms with E-state index in [4.69, 9.17) is 0 Å². The van der Waals surface area contributed by atoms with Crippen molar-refractivity contribution in [2.24, 2.45) is 0 Å². The van der Waals surface area contributed by atoms with E-state index < -0.39 is 7.25 Å². The maximum absolute atomic E-state index is 9.75. The SMILES string of the molecule is C1=C\CC/C=C\CC/1.CC(C)P([C]1[CH][CH][CH][CH]1)C(C)C.CC(C)P([C]1[CH][CH][CH][CH]1)C(C)C.F[B-](F)(F)F.[Fe+2].[Rh]. The van der Waals surface area contributed by atoms with Crippen molar-refractivity contribution in [2.45, 2.75) is 104 Å². The molecule has 0 spiro atoms. The Bertz CT molecular complexity index is 524. The second-order valence-corrected chi connectivity index (χ2v) is 16.9. The number of allylic oxidation sites excluding steroid dienone is 4. The fraction of sp³-hybridized carbons (Fsp3) is 0.533. The topological polar surface area (TPSA) is 0 Å². The van der Waals surface area contributed by atoms with E-state index in [1.165, 1.54) is 25.7 Å². The minimum absolute atomic E-state index is 0. The Kier molecular flexibility index (Phi) is 29.5. The summed E-state index contributed by atoms with van der Waals surface area (Å²) in [4.78, 5) is 0. The minimum Gasteiger partial charge on any atom is -0.418 e. The minimum atomic E-state index is -6.00. The molecule has 2 saturated carbocycles. The Morgan fingerprint density at radius 1 is 0.513 bits per heavy atom. The monoisotopic (exact) mass is 716 g/mol. The molecule has 2 fully saturated rings. The molecular formula is C30H48BF4FeP2Rh+. The smallest absolute Gasteiger partial charge is 0.418 e. The molecule has 0 aliphatic heterocycles. The van der Waals surface area contributed by atoms with E-state index in [9.17, 15) is 17.3 Å². The van der Waals surface area contributed by atoms with Gasteiger partial charge in [-0.2, -0.15) is 0 Å². The van der Waals surface area contributed by atoms with Crippen LogP contribution in [0.25, 0.3) is 0 Å². The van der Waals surface area contributed by atoms with E-state index in [1.54, 1.807) is 11.3 Å². The van der Waals surface area contributed by atoms with Crippen LogP contribution in [-0.4, -0.2) is 29.9 Å². The Morgan fingerprint density at radius 2 is 0.692 bits per heavy atom. The first-order valence-corrected chi connectivity index (χ1v) is 16.4. The predicted molar refractivity (Wildman–Crippen MR) is 162 cm³/mol. The van der Waals surface area contributed by atoms with Crippen LogP contribution in [-0.2, 0) is 36.5 Å². The van der Waals surface area contributed by atoms with Crippen LogP contribution >= 0.6 is 15.8 Å². The molecular weight excluding hydrogens is 668 g/mol. The van der Waals surface area contributed by atoms with Crippen LogP contribution < -0.4 is 0 Å². The molecule has 0 saturated heterocycles. The van der Waals surface area contributed by atoms with Crippen LogP contribution in [0.4, 0.5) is 17.3 Å². The van der Waals surface area contributed by atoms with Gasteiger partial charge in [0, 0.05) is 30.8 Å². The first kappa shape index (κ1) is 44.7. The summed E-state index contributed by atoms with van der Waals surface area (Å²) in [6.07, 6.45) is 31.7. The zero-order valence-electron chi connectivity index (χ0n) is 24.7. The van der Waals surface area contributed by atoms with Gasteiger partial charge in [0.25, 0.3) is 0 Å². The number of rotatable bonds is 6. The number of hydrogen-bond donors (Lipinski definition) is 0. The van der Waals surface area contributed by atoms with Crippen molar-refractivity contribution in [1.82, 2.24) is 0 Å². The maximum Gasteiger partial charge on any atom is 2.00 e. The van der Waals surface area contributed by atoms with E-state index in [0.29, 0.717) is 0 Å². The fourth-order valence-electron chi connectivity index (χ4n) is 4.31. The van der Waals surface area contributed by atoms with E-state index in [-0.39, 0.29) is 52.4 Å². The fourth-order valence-corrected chi connectivity index (χ4v) is 10.1. The molecule has 0 N–H and O–H groups in total. The van der Waals surface area contributed by atoms with Gasteiger partial charge in [0.15, 0.2) is 0 Å². The average molecular weight is 716 g/mol. The van der Waals surface area contributed by atoms with Gasteiger partial charge in [0.2, 0.25) is 0 Å². The Balaban J connectivity index is -0.000000455. The zero-order valence-corrected chi connectivity index (χ0v) is 29.3. The third-order valence-corrected chi connectivity index (χ3v) is 11.7. The molecule has 0 aromatic heterocycles. The predicted octanol–water partition coefficient (Wildman–Crippen LogP) is 11.3. The average Bonchev–Trinajstić information content (AvgIpc) is 3.41. The van der Waals surface area contributed by atoms with Gasteiger partial charge in [-0.3, -0.25) is 0 Å². The van der Waals surface area contributed by atoms with Crippen LogP contribution in [0.1, 0.15) is 81.1 Å². The molecule has 0 aromatic rings. The van der Waals surface area contributed by atoms with Crippen molar-refractivity contribution in [1.29, 1.82) is 0 Å². The molecule has 9 heteroatoms. The van der Waals surface area contributed by atoms with Gasteiger partial charge < -0.3 is 17.3 Å². The van der Waals surface area contributed by atoms with Crippen LogP contribution in [0, 0.1) is 62.7 Å². The van der Waals surface area contributed by atoms with E-state index >= 15 is 0 Å². The van der Waals surface area contributed by atoms with Crippen molar-refractivity contribution < 1.29 is 53.8 Å². The molecule has 0 nitrogen and oxygen atoms in total. The molecule has 0 amide bonds. The molecule has 0 aromatic carbocycles. The third kappa shape index (κ3) is 24.4. The standard InChI is InChI=1S/2C11H18P.C8H12.BF4.Fe.Rh/c2*1-9(2)12(10(3)4)11-7-5-6-8-11;1-2-4-6-8-7-5-3-1;2-1(3,4)5;;/h2*5-10H,1-4H3;1-2,7-8H,3-6H2;;;/q;;;-1;+2;/b;;2-1-,8-7-;;;. The zero-order chi connectivity index (χ0) is 28.4. The number of hydrogen-bond acceptors (Lipinski definition) is 0. The molecule has 0 bridgehead atoms. The van der Waals surface area contributed by atoms with Crippen molar-refractivity contribution in [3.63, 3.8) is 0 Å². The molecule has 0 heterocycles. The molecule has 0 unspecified atom stereocenters. The summed E-state index contributed by atoms with van der Waals surface area (Å²) in [7, 11) is -5.87. The van der Waals surface area contributed by atoms with Gasteiger partial charge in [-0.05, 0) is 99.7 Å². The van der Waals surface area contributed by atoms with Crippen LogP contribution in [0.3, 0.4) is 0 Å². The summed E-state index contributed by atoms with van der Waals surface area (Å²) in [5.41, 5.74) is 6.36. The summed E-state index contributed by atoms with van der Waals surface area (Å²) >= 11 is 0. The molecule has 225 valence electrons. The van der Waals surface area contributed by atoms with Crippen molar-refractivity contribution >= 4 is 23.1 Å². The van der Waals surface area contributed by atoms with Gasteiger partial charge >= 0.3 is 24.3 Å². The number of halogens is 4. The molecule has 3 rings (SSSR count). The Morgan fingerprint density at radius 3 is 0.846 bits per heavy atom. The summed E-state index contributed by atoms with van der Waals surface area (Å²) in [6, 6.07) is 0. The second kappa shape index (κ2) is 25.7. The van der Waals surface area contributed by atoms with Crippen LogP contribution in [0.15, 0.2) is 24.3 Å². The summed E-state index contributed by atoms with van der Waals surface area (Å²) < 4.78 is 39.0. The van der Waals surface area contributed by atoms with E-state index in [2.05, 4.69) is 131 Å². The second-order valence-electron chi connectivity index (χ2n) is 10.1. The van der Waals surface area contributed by atoms with Crippen LogP contribution in [0.5, 0.6) is 0 Å². The first-order valence-electron chi connectivity index (χ1n) is 13.4. The van der Waals surface area contributed by atoms with Gasteiger partial charge in [-0.25, -0.2) is 0 Å².